The maximum atomic E-state index is 11.9. The third-order valence-electron chi connectivity index (χ3n) is 2.04. The van der Waals surface area contributed by atoms with Crippen molar-refractivity contribution in [2.45, 2.75) is 11.8 Å². The van der Waals surface area contributed by atoms with E-state index in [-0.39, 0.29) is 5.91 Å². The third-order valence-corrected chi connectivity index (χ3v) is 3.47. The van der Waals surface area contributed by atoms with Gasteiger partial charge in [0.2, 0.25) is 0 Å². The summed E-state index contributed by atoms with van der Waals surface area (Å²) in [5, 5.41) is 3.66. The van der Waals surface area contributed by atoms with Crippen molar-refractivity contribution in [1.29, 1.82) is 0 Å². The summed E-state index contributed by atoms with van der Waals surface area (Å²) in [5.41, 5.74) is 0.395. The van der Waals surface area contributed by atoms with Crippen molar-refractivity contribution in [3.8, 4) is 0 Å². The first-order valence-electron chi connectivity index (χ1n) is 4.78. The molecule has 1 aromatic carbocycles. The number of aromatic nitrogens is 1. The molecule has 1 heterocycles. The van der Waals surface area contributed by atoms with Crippen LogP contribution in [0, 0.1) is 6.92 Å². The fourth-order valence-electron chi connectivity index (χ4n) is 1.26. The molecule has 0 radical (unpaired) electrons. The molecule has 3 nitrogen and oxygen atoms in total. The second kappa shape index (κ2) is 5.08. The van der Waals surface area contributed by atoms with E-state index in [2.05, 4.69) is 22.9 Å². The summed E-state index contributed by atoms with van der Waals surface area (Å²) in [6.45, 7) is 1.93. The van der Waals surface area contributed by atoms with E-state index in [0.717, 1.165) is 4.88 Å². The first kappa shape index (κ1) is 12.4. The Labute approximate surface area is 113 Å². The van der Waals surface area contributed by atoms with Gasteiger partial charge in [-0.05, 0) is 25.1 Å². The molecule has 88 valence electrons. The van der Waals surface area contributed by atoms with E-state index in [9.17, 15) is 4.79 Å². The molecule has 0 fully saturated rings. The van der Waals surface area contributed by atoms with E-state index < -0.39 is 0 Å². The van der Waals surface area contributed by atoms with Crippen LogP contribution in [0.25, 0.3) is 0 Å². The number of carbonyl (C=O) groups excluding carboxylic acids is 1. The largest absolute Gasteiger partial charge is 0.298 e. The number of thiol groups is 1. The number of hydrogen-bond donors (Lipinski definition) is 2. The normalized spacial score (nSPS) is 10.3. The van der Waals surface area contributed by atoms with E-state index >= 15 is 0 Å². The summed E-state index contributed by atoms with van der Waals surface area (Å²) in [7, 11) is 0. The summed E-state index contributed by atoms with van der Waals surface area (Å²) < 4.78 is 0. The van der Waals surface area contributed by atoms with Crippen LogP contribution < -0.4 is 5.32 Å². The van der Waals surface area contributed by atoms with Gasteiger partial charge in [0.15, 0.2) is 5.13 Å². The number of halogens is 1. The lowest BCUT2D eigenvalue weighted by Crippen LogP contribution is -2.12. The molecular formula is C11H9ClN2OS2. The van der Waals surface area contributed by atoms with Gasteiger partial charge >= 0.3 is 0 Å². The molecule has 0 aliphatic rings. The van der Waals surface area contributed by atoms with Crippen molar-refractivity contribution in [1.82, 2.24) is 4.98 Å². The van der Waals surface area contributed by atoms with Crippen LogP contribution in [-0.2, 0) is 0 Å². The zero-order valence-corrected chi connectivity index (χ0v) is 11.4. The molecule has 17 heavy (non-hydrogen) atoms. The first-order chi connectivity index (χ1) is 8.06. The van der Waals surface area contributed by atoms with Gasteiger partial charge in [-0.2, -0.15) is 0 Å². The smallest absolute Gasteiger partial charge is 0.258 e. The van der Waals surface area contributed by atoms with Crippen LogP contribution in [0.4, 0.5) is 5.13 Å². The highest BCUT2D eigenvalue weighted by molar-refractivity contribution is 7.80. The fraction of sp³-hybridized carbons (Fsp3) is 0.0909. The molecule has 0 saturated heterocycles. The van der Waals surface area contributed by atoms with Crippen molar-refractivity contribution >= 4 is 46.6 Å². The predicted molar refractivity (Wildman–Crippen MR) is 73.5 cm³/mol. The van der Waals surface area contributed by atoms with E-state index in [1.165, 1.54) is 11.3 Å². The molecule has 0 unspecified atom stereocenters. The number of aryl methyl sites for hydroxylation is 1. The lowest BCUT2D eigenvalue weighted by molar-refractivity contribution is 0.102. The minimum absolute atomic E-state index is 0.278. The molecule has 1 N–H and O–H groups in total. The second-order valence-electron chi connectivity index (χ2n) is 3.39. The van der Waals surface area contributed by atoms with Gasteiger partial charge in [0.25, 0.3) is 5.91 Å². The van der Waals surface area contributed by atoms with Crippen molar-refractivity contribution in [2.24, 2.45) is 0 Å². The Morgan fingerprint density at radius 1 is 1.53 bits per heavy atom. The van der Waals surface area contributed by atoms with Crippen LogP contribution in [0.1, 0.15) is 15.2 Å². The Morgan fingerprint density at radius 3 is 2.94 bits per heavy atom. The van der Waals surface area contributed by atoms with Gasteiger partial charge in [0, 0.05) is 16.0 Å². The zero-order valence-electron chi connectivity index (χ0n) is 8.90. The summed E-state index contributed by atoms with van der Waals surface area (Å²) in [5.74, 6) is -0.278. The third kappa shape index (κ3) is 3.00. The van der Waals surface area contributed by atoms with Crippen molar-refractivity contribution in [2.75, 3.05) is 5.32 Å². The average Bonchev–Trinajstić information content (AvgIpc) is 2.67. The molecule has 0 aliphatic carbocycles. The molecular weight excluding hydrogens is 276 g/mol. The predicted octanol–water partition coefficient (Wildman–Crippen LogP) is 3.65. The summed E-state index contributed by atoms with van der Waals surface area (Å²) in [6.07, 6.45) is 1.71. The van der Waals surface area contributed by atoms with E-state index in [0.29, 0.717) is 20.6 Å². The number of nitrogens with zero attached hydrogens (tertiary/aromatic N) is 1. The molecule has 2 aromatic rings. The first-order valence-corrected chi connectivity index (χ1v) is 6.43. The summed E-state index contributed by atoms with van der Waals surface area (Å²) >= 11 is 11.5. The van der Waals surface area contributed by atoms with Crippen LogP contribution in [0.3, 0.4) is 0 Å². The lowest BCUT2D eigenvalue weighted by Gasteiger charge is -2.04. The zero-order chi connectivity index (χ0) is 12.4. The van der Waals surface area contributed by atoms with E-state index in [1.807, 2.05) is 6.92 Å². The molecule has 0 saturated carbocycles. The SMILES string of the molecule is Cc1cnc(NC(=O)c2cc(S)ccc2Cl)s1. The quantitative estimate of drug-likeness (QED) is 0.827. The van der Waals surface area contributed by atoms with Gasteiger partial charge in [-0.25, -0.2) is 4.98 Å². The molecule has 0 spiro atoms. The average molecular weight is 285 g/mol. The van der Waals surface area contributed by atoms with E-state index in [4.69, 9.17) is 11.6 Å². The van der Waals surface area contributed by atoms with Crippen LogP contribution >= 0.6 is 35.6 Å². The Morgan fingerprint density at radius 2 is 2.29 bits per heavy atom. The highest BCUT2D eigenvalue weighted by Gasteiger charge is 2.12. The van der Waals surface area contributed by atoms with Gasteiger partial charge < -0.3 is 0 Å². The Balaban J connectivity index is 2.22. The molecule has 6 heteroatoms. The maximum absolute atomic E-state index is 11.9. The molecule has 0 aliphatic heterocycles. The highest BCUT2D eigenvalue weighted by Crippen LogP contribution is 2.22. The Hall–Kier alpha value is -1.04. The highest BCUT2D eigenvalue weighted by atomic mass is 35.5. The monoisotopic (exact) mass is 284 g/mol. The maximum Gasteiger partial charge on any atom is 0.258 e. The molecule has 2 rings (SSSR count). The van der Waals surface area contributed by atoms with Crippen LogP contribution in [-0.4, -0.2) is 10.9 Å². The number of carbonyl (C=O) groups is 1. The lowest BCUT2D eigenvalue weighted by atomic mass is 10.2. The van der Waals surface area contributed by atoms with Gasteiger partial charge in [0.05, 0.1) is 10.6 Å². The standard InChI is InChI=1S/C11H9ClN2OS2/c1-6-5-13-11(17-6)14-10(15)8-4-7(16)2-3-9(8)12/h2-5,16H,1H3,(H,13,14,15). The number of anilines is 1. The van der Waals surface area contributed by atoms with Crippen LogP contribution in [0.2, 0.25) is 5.02 Å². The van der Waals surface area contributed by atoms with Gasteiger partial charge in [0.1, 0.15) is 0 Å². The summed E-state index contributed by atoms with van der Waals surface area (Å²) in [4.78, 5) is 17.7. The fourth-order valence-corrected chi connectivity index (χ4v) is 2.33. The molecule has 0 atom stereocenters. The number of hydrogen-bond acceptors (Lipinski definition) is 4. The molecule has 1 amide bonds. The number of thiazole rings is 1. The van der Waals surface area contributed by atoms with Crippen molar-refractivity contribution in [3.05, 3.63) is 39.9 Å². The number of amides is 1. The topological polar surface area (TPSA) is 42.0 Å². The summed E-state index contributed by atoms with van der Waals surface area (Å²) in [6, 6.07) is 5.00. The minimum Gasteiger partial charge on any atom is -0.298 e. The van der Waals surface area contributed by atoms with E-state index in [1.54, 1.807) is 24.4 Å². The van der Waals surface area contributed by atoms with Gasteiger partial charge in [-0.15, -0.1) is 24.0 Å². The number of rotatable bonds is 2. The van der Waals surface area contributed by atoms with Crippen LogP contribution in [0.15, 0.2) is 29.3 Å². The van der Waals surface area contributed by atoms with Gasteiger partial charge in [-0.3, -0.25) is 10.1 Å². The molecule has 1 aromatic heterocycles. The Kier molecular flexibility index (Phi) is 3.71. The minimum atomic E-state index is -0.278. The number of nitrogens with one attached hydrogen (secondary N) is 1. The second-order valence-corrected chi connectivity index (χ2v) is 5.55. The van der Waals surface area contributed by atoms with Crippen molar-refractivity contribution < 1.29 is 4.79 Å². The Bertz CT molecular complexity index is 568. The van der Waals surface area contributed by atoms with Gasteiger partial charge in [-0.1, -0.05) is 11.6 Å². The molecule has 0 bridgehead atoms. The number of benzene rings is 1. The van der Waals surface area contributed by atoms with Crippen LogP contribution in [0.5, 0.6) is 0 Å². The van der Waals surface area contributed by atoms with Crippen molar-refractivity contribution in [3.63, 3.8) is 0 Å².